The van der Waals surface area contributed by atoms with E-state index < -0.39 is 10.0 Å². The predicted octanol–water partition coefficient (Wildman–Crippen LogP) is 3.94. The number of aryl methyl sites for hydroxylation is 1. The number of methoxy groups -OCH3 is 1. The van der Waals surface area contributed by atoms with Gasteiger partial charge in [0.25, 0.3) is 10.0 Å². The first-order valence-electron chi connectivity index (χ1n) is 11.4. The van der Waals surface area contributed by atoms with Crippen LogP contribution in [0, 0.1) is 12.8 Å². The summed E-state index contributed by atoms with van der Waals surface area (Å²) in [4.78, 5) is 24.3. The van der Waals surface area contributed by atoms with Crippen LogP contribution in [-0.2, 0) is 24.3 Å². The summed E-state index contributed by atoms with van der Waals surface area (Å²) in [7, 11) is -2.35. The Bertz CT molecular complexity index is 1140. The molecule has 2 unspecified atom stereocenters. The van der Waals surface area contributed by atoms with Gasteiger partial charge >= 0.3 is 5.97 Å². The quantitative estimate of drug-likeness (QED) is 0.407. The monoisotopic (exact) mass is 484 g/mol. The van der Waals surface area contributed by atoms with Gasteiger partial charge in [-0.3, -0.25) is 13.9 Å². The summed E-state index contributed by atoms with van der Waals surface area (Å²) in [5, 5.41) is 2.92. The molecule has 1 heterocycles. The molecule has 0 spiro atoms. The number of amides is 1. The van der Waals surface area contributed by atoms with Crippen molar-refractivity contribution in [2.45, 2.75) is 43.9 Å². The highest BCUT2D eigenvalue weighted by atomic mass is 32.2. The molecule has 0 saturated heterocycles. The second kappa shape index (κ2) is 11.3. The van der Waals surface area contributed by atoms with E-state index in [-0.39, 0.29) is 41.4 Å². The molecular formula is C26H32N2O5S. The van der Waals surface area contributed by atoms with Crippen LogP contribution in [0.3, 0.4) is 0 Å². The molecule has 0 bridgehead atoms. The molecule has 8 heteroatoms. The molecule has 0 saturated carbocycles. The number of esters is 1. The zero-order chi connectivity index (χ0) is 24.7. The topological polar surface area (TPSA) is 92.8 Å². The van der Waals surface area contributed by atoms with Crippen LogP contribution >= 0.6 is 0 Å². The van der Waals surface area contributed by atoms with Gasteiger partial charge in [-0.2, -0.15) is 0 Å². The molecule has 0 aliphatic carbocycles. The Morgan fingerprint density at radius 1 is 1.15 bits per heavy atom. The van der Waals surface area contributed by atoms with E-state index in [2.05, 4.69) is 5.32 Å². The second-order valence-corrected chi connectivity index (χ2v) is 10.4. The zero-order valence-electron chi connectivity index (χ0n) is 19.9. The Kier molecular flexibility index (Phi) is 8.50. The molecule has 1 aliphatic rings. The SMILES string of the molecule is C/C=C\C(CC(=O)NCCC1CN(S(=O)(=O)c2ccc(C)cc2)c2ccccc21)CC(=O)OC. The molecule has 0 radical (unpaired) electrons. The third kappa shape index (κ3) is 6.05. The van der Waals surface area contributed by atoms with Crippen LogP contribution in [0.4, 0.5) is 5.69 Å². The van der Waals surface area contributed by atoms with E-state index in [1.807, 2.05) is 50.3 Å². The number of carbonyl (C=O) groups is 2. The number of carbonyl (C=O) groups excluding carboxylic acids is 2. The molecule has 34 heavy (non-hydrogen) atoms. The summed E-state index contributed by atoms with van der Waals surface area (Å²) in [6.45, 7) is 4.50. The van der Waals surface area contributed by atoms with Gasteiger partial charge in [-0.1, -0.05) is 48.0 Å². The first-order chi connectivity index (χ1) is 16.3. The molecule has 0 fully saturated rings. The number of anilines is 1. The fourth-order valence-corrected chi connectivity index (χ4v) is 5.78. The maximum absolute atomic E-state index is 13.3. The van der Waals surface area contributed by atoms with E-state index in [9.17, 15) is 18.0 Å². The average Bonchev–Trinajstić information content (AvgIpc) is 3.19. The molecule has 2 aromatic carbocycles. The number of fused-ring (bicyclic) bond motifs is 1. The van der Waals surface area contributed by atoms with E-state index in [1.165, 1.54) is 11.4 Å². The normalized spacial score (nSPS) is 16.3. The Morgan fingerprint density at radius 2 is 1.85 bits per heavy atom. The molecule has 182 valence electrons. The van der Waals surface area contributed by atoms with Gasteiger partial charge in [0.2, 0.25) is 5.91 Å². The van der Waals surface area contributed by atoms with Crippen molar-refractivity contribution in [1.82, 2.24) is 5.32 Å². The highest BCUT2D eigenvalue weighted by molar-refractivity contribution is 7.92. The highest BCUT2D eigenvalue weighted by Crippen LogP contribution is 2.40. The van der Waals surface area contributed by atoms with Crippen LogP contribution in [-0.4, -0.2) is 40.5 Å². The van der Waals surface area contributed by atoms with Gasteiger partial charge in [0.1, 0.15) is 0 Å². The first-order valence-corrected chi connectivity index (χ1v) is 12.8. The maximum atomic E-state index is 13.3. The number of hydrogen-bond donors (Lipinski definition) is 1. The molecular weight excluding hydrogens is 452 g/mol. The third-order valence-corrected chi connectivity index (χ3v) is 7.82. The number of allylic oxidation sites excluding steroid dienone is 2. The maximum Gasteiger partial charge on any atom is 0.306 e. The number of nitrogens with one attached hydrogen (secondary N) is 1. The van der Waals surface area contributed by atoms with Crippen molar-refractivity contribution in [3.05, 3.63) is 71.8 Å². The molecule has 1 amide bonds. The first kappa shape index (κ1) is 25.5. The van der Waals surface area contributed by atoms with E-state index >= 15 is 0 Å². The lowest BCUT2D eigenvalue weighted by Gasteiger charge is -2.20. The number of para-hydroxylation sites is 1. The van der Waals surface area contributed by atoms with E-state index in [4.69, 9.17) is 4.74 Å². The van der Waals surface area contributed by atoms with Gasteiger partial charge in [0.15, 0.2) is 0 Å². The Labute approximate surface area is 201 Å². The summed E-state index contributed by atoms with van der Waals surface area (Å²) >= 11 is 0. The standard InChI is InChI=1S/C26H32N2O5S/c1-4-7-20(17-26(30)33-3)16-25(29)27-15-14-21-18-28(24-9-6-5-8-23(21)24)34(31,32)22-12-10-19(2)11-13-22/h4-13,20-21H,14-18H2,1-3H3,(H,27,29)/b7-4-. The zero-order valence-corrected chi connectivity index (χ0v) is 20.7. The lowest BCUT2D eigenvalue weighted by molar-refractivity contribution is -0.141. The van der Waals surface area contributed by atoms with E-state index in [0.717, 1.165) is 11.1 Å². The highest BCUT2D eigenvalue weighted by Gasteiger charge is 2.36. The summed E-state index contributed by atoms with van der Waals surface area (Å²) < 4.78 is 32.9. The van der Waals surface area contributed by atoms with Gasteiger partial charge in [0.05, 0.1) is 24.1 Å². The lowest BCUT2D eigenvalue weighted by Crippen LogP contribution is -2.31. The number of benzene rings is 2. The van der Waals surface area contributed by atoms with Crippen molar-refractivity contribution in [2.75, 3.05) is 24.5 Å². The van der Waals surface area contributed by atoms with Crippen molar-refractivity contribution < 1.29 is 22.7 Å². The molecule has 1 aliphatic heterocycles. The van der Waals surface area contributed by atoms with Gasteiger partial charge in [0, 0.05) is 25.4 Å². The number of rotatable bonds is 10. The fourth-order valence-electron chi connectivity index (χ4n) is 4.24. The average molecular weight is 485 g/mol. The Hall–Kier alpha value is -3.13. The minimum absolute atomic E-state index is 0.0295. The molecule has 1 N–H and O–H groups in total. The Morgan fingerprint density at radius 3 is 2.53 bits per heavy atom. The second-order valence-electron chi connectivity index (χ2n) is 8.51. The summed E-state index contributed by atoms with van der Waals surface area (Å²) in [6, 6.07) is 14.4. The third-order valence-electron chi connectivity index (χ3n) is 6.02. The molecule has 7 nitrogen and oxygen atoms in total. The van der Waals surface area contributed by atoms with Crippen LogP contribution in [0.1, 0.15) is 43.2 Å². The molecule has 2 aromatic rings. The number of hydrogen-bond acceptors (Lipinski definition) is 5. The summed E-state index contributed by atoms with van der Waals surface area (Å²) in [5.74, 6) is -0.756. The molecule has 3 rings (SSSR count). The van der Waals surface area contributed by atoms with Crippen LogP contribution in [0.25, 0.3) is 0 Å². The van der Waals surface area contributed by atoms with Crippen LogP contribution < -0.4 is 9.62 Å². The van der Waals surface area contributed by atoms with Gasteiger partial charge < -0.3 is 10.1 Å². The minimum atomic E-state index is -3.68. The van der Waals surface area contributed by atoms with Crippen LogP contribution in [0.2, 0.25) is 0 Å². The van der Waals surface area contributed by atoms with Crippen LogP contribution in [0.15, 0.2) is 65.6 Å². The number of ether oxygens (including phenoxy) is 1. The lowest BCUT2D eigenvalue weighted by atomic mass is 9.97. The van der Waals surface area contributed by atoms with Crippen molar-refractivity contribution in [1.29, 1.82) is 0 Å². The smallest absolute Gasteiger partial charge is 0.306 e. The molecule has 2 atom stereocenters. The van der Waals surface area contributed by atoms with E-state index in [1.54, 1.807) is 24.3 Å². The number of nitrogens with zero attached hydrogens (tertiary/aromatic N) is 1. The van der Waals surface area contributed by atoms with Crippen molar-refractivity contribution in [2.24, 2.45) is 5.92 Å². The van der Waals surface area contributed by atoms with Crippen LogP contribution in [0.5, 0.6) is 0 Å². The largest absolute Gasteiger partial charge is 0.469 e. The van der Waals surface area contributed by atoms with Crippen molar-refractivity contribution in [3.8, 4) is 0 Å². The van der Waals surface area contributed by atoms with Crippen molar-refractivity contribution >= 4 is 27.6 Å². The summed E-state index contributed by atoms with van der Waals surface area (Å²) in [5.41, 5.74) is 2.65. The van der Waals surface area contributed by atoms with Gasteiger partial charge in [-0.15, -0.1) is 0 Å². The molecule has 0 aromatic heterocycles. The van der Waals surface area contributed by atoms with Gasteiger partial charge in [-0.25, -0.2) is 8.42 Å². The van der Waals surface area contributed by atoms with Crippen molar-refractivity contribution in [3.63, 3.8) is 0 Å². The van der Waals surface area contributed by atoms with E-state index in [0.29, 0.717) is 25.2 Å². The van der Waals surface area contributed by atoms with Gasteiger partial charge in [-0.05, 0) is 49.9 Å². The minimum Gasteiger partial charge on any atom is -0.469 e. The number of sulfonamides is 1. The Balaban J connectivity index is 1.64. The fraction of sp³-hybridized carbons (Fsp3) is 0.385. The summed E-state index contributed by atoms with van der Waals surface area (Å²) in [6.07, 6.45) is 4.59. The predicted molar refractivity (Wildman–Crippen MR) is 132 cm³/mol.